The van der Waals surface area contributed by atoms with Crippen LogP contribution in [0.3, 0.4) is 0 Å². The largest absolute Gasteiger partial charge is 0.268 e. The highest BCUT2D eigenvalue weighted by molar-refractivity contribution is 7.99. The van der Waals surface area contributed by atoms with Crippen LogP contribution in [0.4, 0.5) is 0 Å². The molecule has 0 saturated heterocycles. The Balaban J connectivity index is 2.20. The van der Waals surface area contributed by atoms with Gasteiger partial charge in [0, 0.05) is 5.02 Å². The van der Waals surface area contributed by atoms with E-state index in [4.69, 9.17) is 16.9 Å². The fourth-order valence-electron chi connectivity index (χ4n) is 2.75. The van der Waals surface area contributed by atoms with E-state index in [0.29, 0.717) is 27.0 Å². The normalized spacial score (nSPS) is 12.1. The number of aromatic nitrogens is 2. The lowest BCUT2D eigenvalue weighted by molar-refractivity contribution is 0.732. The summed E-state index contributed by atoms with van der Waals surface area (Å²) in [5.74, 6) is 0.679. The number of nitrogens with zero attached hydrogens (tertiary/aromatic N) is 3. The summed E-state index contributed by atoms with van der Waals surface area (Å²) < 4.78 is 1.56. The lowest BCUT2D eigenvalue weighted by atomic mass is 9.98. The molecule has 6 heteroatoms. The van der Waals surface area contributed by atoms with Crippen molar-refractivity contribution in [2.75, 3.05) is 5.75 Å². The summed E-state index contributed by atoms with van der Waals surface area (Å²) >= 11 is 7.31. The summed E-state index contributed by atoms with van der Waals surface area (Å²) in [5.41, 5.74) is 2.35. The zero-order valence-corrected chi connectivity index (χ0v) is 16.1. The van der Waals surface area contributed by atoms with Gasteiger partial charge in [-0.25, -0.2) is 4.98 Å². The standard InChI is InChI=1S/C20H18ClN3OS/c1-3-13(2)14-4-7-16(8-5-14)24-19(25)17-12-15(21)6-9-18(17)23-20(24)26-11-10-22/h4-9,12-13H,3,11H2,1-2H3. The van der Waals surface area contributed by atoms with Crippen LogP contribution in [0.5, 0.6) is 0 Å². The number of thioether (sulfide) groups is 1. The Morgan fingerprint density at radius 3 is 2.65 bits per heavy atom. The first-order valence-corrected chi connectivity index (χ1v) is 9.74. The maximum atomic E-state index is 13.1. The molecule has 0 fully saturated rings. The van der Waals surface area contributed by atoms with Gasteiger partial charge < -0.3 is 0 Å². The maximum Gasteiger partial charge on any atom is 0.266 e. The highest BCUT2D eigenvalue weighted by atomic mass is 35.5. The van der Waals surface area contributed by atoms with Crippen molar-refractivity contribution in [3.8, 4) is 11.8 Å². The van der Waals surface area contributed by atoms with E-state index in [1.54, 1.807) is 22.8 Å². The molecule has 2 aromatic carbocycles. The summed E-state index contributed by atoms with van der Waals surface area (Å²) in [6.07, 6.45) is 1.05. The minimum Gasteiger partial charge on any atom is -0.268 e. The monoisotopic (exact) mass is 383 g/mol. The molecule has 3 aromatic rings. The van der Waals surface area contributed by atoms with E-state index in [-0.39, 0.29) is 11.3 Å². The average molecular weight is 384 g/mol. The molecular formula is C20H18ClN3OS. The van der Waals surface area contributed by atoms with Gasteiger partial charge in [-0.1, -0.05) is 49.3 Å². The van der Waals surface area contributed by atoms with E-state index in [1.807, 2.05) is 24.3 Å². The summed E-state index contributed by atoms with van der Waals surface area (Å²) in [6, 6.07) is 15.1. The Hall–Kier alpha value is -2.29. The topological polar surface area (TPSA) is 58.7 Å². The highest BCUT2D eigenvalue weighted by Crippen LogP contribution is 2.24. The molecule has 0 amide bonds. The van der Waals surface area contributed by atoms with Crippen LogP contribution in [0.2, 0.25) is 5.02 Å². The summed E-state index contributed by atoms with van der Waals surface area (Å²) in [7, 11) is 0. The lowest BCUT2D eigenvalue weighted by Crippen LogP contribution is -2.22. The number of rotatable bonds is 5. The number of halogens is 1. The van der Waals surface area contributed by atoms with Crippen LogP contribution in [-0.2, 0) is 0 Å². The van der Waals surface area contributed by atoms with Crippen molar-refractivity contribution in [3.63, 3.8) is 0 Å². The molecule has 1 aromatic heterocycles. The van der Waals surface area contributed by atoms with Gasteiger partial charge in [-0.15, -0.1) is 0 Å². The van der Waals surface area contributed by atoms with Crippen molar-refractivity contribution in [2.24, 2.45) is 0 Å². The molecule has 3 rings (SSSR count). The van der Waals surface area contributed by atoms with Gasteiger partial charge in [-0.3, -0.25) is 9.36 Å². The zero-order chi connectivity index (χ0) is 18.7. The number of benzene rings is 2. The molecule has 0 aliphatic carbocycles. The van der Waals surface area contributed by atoms with E-state index in [2.05, 4.69) is 24.9 Å². The smallest absolute Gasteiger partial charge is 0.266 e. The number of hydrogen-bond donors (Lipinski definition) is 0. The van der Waals surface area contributed by atoms with Gasteiger partial charge in [0.05, 0.1) is 28.4 Å². The minimum absolute atomic E-state index is 0.186. The third kappa shape index (κ3) is 3.62. The summed E-state index contributed by atoms with van der Waals surface area (Å²) in [5, 5.41) is 10.4. The molecule has 1 heterocycles. The third-order valence-electron chi connectivity index (χ3n) is 4.40. The Kier molecular flexibility index (Phi) is 5.65. The van der Waals surface area contributed by atoms with Gasteiger partial charge in [0.15, 0.2) is 5.16 Å². The fraction of sp³-hybridized carbons (Fsp3) is 0.250. The van der Waals surface area contributed by atoms with Gasteiger partial charge in [-0.05, 0) is 48.2 Å². The van der Waals surface area contributed by atoms with E-state index >= 15 is 0 Å². The van der Waals surface area contributed by atoms with Crippen LogP contribution in [0, 0.1) is 11.3 Å². The second-order valence-corrected chi connectivity index (χ2v) is 7.42. The highest BCUT2D eigenvalue weighted by Gasteiger charge is 2.14. The molecule has 0 N–H and O–H groups in total. The van der Waals surface area contributed by atoms with Crippen LogP contribution in [0.15, 0.2) is 52.4 Å². The second-order valence-electron chi connectivity index (χ2n) is 6.04. The molecule has 4 nitrogen and oxygen atoms in total. The van der Waals surface area contributed by atoms with E-state index < -0.39 is 0 Å². The van der Waals surface area contributed by atoms with Gasteiger partial charge in [0.1, 0.15) is 0 Å². The molecule has 26 heavy (non-hydrogen) atoms. The predicted octanol–water partition coefficient (Wildman–Crippen LogP) is 5.17. The molecule has 0 spiro atoms. The quantitative estimate of drug-likeness (QED) is 0.450. The van der Waals surface area contributed by atoms with Crippen molar-refractivity contribution in [3.05, 3.63) is 63.4 Å². The van der Waals surface area contributed by atoms with Gasteiger partial charge >= 0.3 is 0 Å². The van der Waals surface area contributed by atoms with Crippen molar-refractivity contribution in [1.82, 2.24) is 9.55 Å². The first-order chi connectivity index (χ1) is 12.5. The molecule has 0 bridgehead atoms. The molecule has 0 aliphatic rings. The van der Waals surface area contributed by atoms with Crippen LogP contribution < -0.4 is 5.56 Å². The minimum atomic E-state index is -0.186. The zero-order valence-electron chi connectivity index (χ0n) is 14.6. The van der Waals surface area contributed by atoms with Crippen LogP contribution in [0.1, 0.15) is 31.7 Å². The number of nitriles is 1. The number of fused-ring (bicyclic) bond motifs is 1. The summed E-state index contributed by atoms with van der Waals surface area (Å²) in [6.45, 7) is 4.33. The van der Waals surface area contributed by atoms with Crippen molar-refractivity contribution >= 4 is 34.3 Å². The van der Waals surface area contributed by atoms with Crippen molar-refractivity contribution in [1.29, 1.82) is 5.26 Å². The van der Waals surface area contributed by atoms with Gasteiger partial charge in [0.25, 0.3) is 5.56 Å². The molecular weight excluding hydrogens is 366 g/mol. The van der Waals surface area contributed by atoms with E-state index in [0.717, 1.165) is 12.1 Å². The van der Waals surface area contributed by atoms with Gasteiger partial charge in [-0.2, -0.15) is 5.26 Å². The Bertz CT molecular complexity index is 1040. The van der Waals surface area contributed by atoms with E-state index in [9.17, 15) is 4.79 Å². The average Bonchev–Trinajstić information content (AvgIpc) is 2.66. The summed E-state index contributed by atoms with van der Waals surface area (Å²) in [4.78, 5) is 17.7. The lowest BCUT2D eigenvalue weighted by Gasteiger charge is -2.14. The first kappa shape index (κ1) is 18.5. The maximum absolute atomic E-state index is 13.1. The Morgan fingerprint density at radius 2 is 2.00 bits per heavy atom. The van der Waals surface area contributed by atoms with Crippen LogP contribution >= 0.6 is 23.4 Å². The molecule has 1 unspecified atom stereocenters. The second kappa shape index (κ2) is 7.94. The molecule has 0 saturated carbocycles. The third-order valence-corrected chi connectivity index (χ3v) is 5.44. The predicted molar refractivity (Wildman–Crippen MR) is 107 cm³/mol. The number of hydrogen-bond acceptors (Lipinski definition) is 4. The first-order valence-electron chi connectivity index (χ1n) is 8.37. The Morgan fingerprint density at radius 1 is 1.27 bits per heavy atom. The van der Waals surface area contributed by atoms with Crippen molar-refractivity contribution in [2.45, 2.75) is 31.3 Å². The van der Waals surface area contributed by atoms with E-state index in [1.165, 1.54) is 17.3 Å². The molecule has 0 radical (unpaired) electrons. The SMILES string of the molecule is CCC(C)c1ccc(-n2c(SCC#N)nc3ccc(Cl)cc3c2=O)cc1. The van der Waals surface area contributed by atoms with Gasteiger partial charge in [0.2, 0.25) is 0 Å². The van der Waals surface area contributed by atoms with Crippen molar-refractivity contribution < 1.29 is 0 Å². The van der Waals surface area contributed by atoms with Crippen LogP contribution in [-0.4, -0.2) is 15.3 Å². The molecule has 1 atom stereocenters. The molecule has 132 valence electrons. The Labute approximate surface area is 161 Å². The molecule has 0 aliphatic heterocycles. The van der Waals surface area contributed by atoms with Crippen LogP contribution in [0.25, 0.3) is 16.6 Å². The fourth-order valence-corrected chi connectivity index (χ4v) is 3.59.